The molecule has 1 aliphatic rings. The van der Waals surface area contributed by atoms with Gasteiger partial charge in [-0.25, -0.2) is 4.79 Å². The van der Waals surface area contributed by atoms with Crippen molar-refractivity contribution in [1.82, 2.24) is 9.55 Å². The Morgan fingerprint density at radius 1 is 1.12 bits per heavy atom. The number of alkyl halides is 2. The average molecular weight is 617 g/mol. The molecule has 0 saturated carbocycles. The number of halogens is 2. The molecule has 1 aromatic rings. The smallest absolute Gasteiger partial charge is 0.351 e. The lowest BCUT2D eigenvalue weighted by Crippen LogP contribution is -2.42. The van der Waals surface area contributed by atoms with Crippen LogP contribution >= 0.6 is 11.8 Å². The normalized spacial score (nSPS) is 20.7. The molecule has 2 heterocycles. The van der Waals surface area contributed by atoms with E-state index in [1.54, 1.807) is 0 Å². The number of rotatable bonds is 20. The van der Waals surface area contributed by atoms with Crippen LogP contribution in [-0.4, -0.2) is 60.9 Å². The van der Waals surface area contributed by atoms with E-state index in [-0.39, 0.29) is 17.4 Å². The summed E-state index contributed by atoms with van der Waals surface area (Å²) >= 11 is 0.680. The predicted molar refractivity (Wildman–Crippen MR) is 159 cm³/mol. The number of amides is 1. The van der Waals surface area contributed by atoms with Crippen molar-refractivity contribution in [2.75, 3.05) is 11.9 Å². The molecule has 0 aromatic carbocycles. The van der Waals surface area contributed by atoms with Crippen molar-refractivity contribution >= 4 is 28.6 Å². The summed E-state index contributed by atoms with van der Waals surface area (Å²) in [5.74, 6) is -4.88. The SMILES string of the molecule is CCCCCCCCC=CCCCCCCCC(=O)SC(N)C(=O)Nc1ccn(C2OC(CO)C(O)C2(F)F)c(=O)n1. The first kappa shape index (κ1) is 36.0. The molecule has 5 N–H and O–H groups in total. The molecule has 1 aromatic heterocycles. The van der Waals surface area contributed by atoms with Gasteiger partial charge in [-0.2, -0.15) is 13.8 Å². The summed E-state index contributed by atoms with van der Waals surface area (Å²) in [6.07, 6.45) is 14.7. The van der Waals surface area contributed by atoms with Gasteiger partial charge in [-0.15, -0.1) is 0 Å². The Morgan fingerprint density at radius 3 is 2.29 bits per heavy atom. The highest BCUT2D eigenvalue weighted by Crippen LogP contribution is 2.42. The third kappa shape index (κ3) is 11.8. The lowest BCUT2D eigenvalue weighted by atomic mass is 10.1. The van der Waals surface area contributed by atoms with Gasteiger partial charge in [0.25, 0.3) is 5.91 Å². The zero-order chi connectivity index (χ0) is 31.0. The minimum atomic E-state index is -3.85. The van der Waals surface area contributed by atoms with Gasteiger partial charge in [0.2, 0.25) is 6.23 Å². The topological polar surface area (TPSA) is 157 Å². The van der Waals surface area contributed by atoms with Crippen molar-refractivity contribution in [2.24, 2.45) is 5.73 Å². The second kappa shape index (κ2) is 19.2. The van der Waals surface area contributed by atoms with Crippen molar-refractivity contribution in [1.29, 1.82) is 0 Å². The van der Waals surface area contributed by atoms with Gasteiger partial charge in [0.1, 0.15) is 17.3 Å². The van der Waals surface area contributed by atoms with E-state index in [0.29, 0.717) is 22.7 Å². The summed E-state index contributed by atoms with van der Waals surface area (Å²) in [5.41, 5.74) is 4.64. The number of nitrogens with zero attached hydrogens (tertiary/aromatic N) is 2. The van der Waals surface area contributed by atoms with E-state index in [2.05, 4.69) is 29.4 Å². The Balaban J connectivity index is 1.61. The number of aliphatic hydroxyl groups is 2. The first-order chi connectivity index (χ1) is 20.1. The fraction of sp³-hybridized carbons (Fsp3) is 0.724. The molecule has 1 amide bonds. The Morgan fingerprint density at radius 2 is 1.71 bits per heavy atom. The highest BCUT2D eigenvalue weighted by Gasteiger charge is 2.59. The number of aliphatic hydroxyl groups excluding tert-OH is 2. The first-order valence-corrected chi connectivity index (χ1v) is 15.8. The lowest BCUT2D eigenvalue weighted by Gasteiger charge is -2.21. The maximum atomic E-state index is 14.3. The standard InChI is InChI=1S/C29H46F2N4O6S/c1-2-3-4-5-6-7-8-9-10-11-12-13-14-15-16-17-23(37)42-25(32)26(39)33-22-18-19-35(28(40)34-22)27-29(30,31)24(38)21(20-36)41-27/h9-10,18-19,21,24-25,27,36,38H,2-8,11-17,20,32H2,1H3,(H,33,34,39,40). The molecule has 1 saturated heterocycles. The summed E-state index contributed by atoms with van der Waals surface area (Å²) in [6.45, 7) is 1.36. The molecular formula is C29H46F2N4O6S. The van der Waals surface area contributed by atoms with Gasteiger partial charge in [-0.1, -0.05) is 82.2 Å². The zero-order valence-corrected chi connectivity index (χ0v) is 25.2. The van der Waals surface area contributed by atoms with Crippen molar-refractivity contribution < 1.29 is 33.3 Å². The number of allylic oxidation sites excluding steroid dienone is 2. The van der Waals surface area contributed by atoms with Gasteiger partial charge < -0.3 is 26.0 Å². The average Bonchev–Trinajstić information content (AvgIpc) is 3.18. The third-order valence-corrected chi connectivity index (χ3v) is 7.99. The molecule has 10 nitrogen and oxygen atoms in total. The Kier molecular flexibility index (Phi) is 16.4. The Bertz CT molecular complexity index is 1060. The molecule has 2 rings (SSSR count). The predicted octanol–water partition coefficient (Wildman–Crippen LogP) is 4.65. The third-order valence-electron chi connectivity index (χ3n) is 7.05. The molecular weight excluding hydrogens is 570 g/mol. The van der Waals surface area contributed by atoms with Crippen molar-refractivity contribution in [3.8, 4) is 0 Å². The van der Waals surface area contributed by atoms with E-state index >= 15 is 0 Å². The molecule has 238 valence electrons. The van der Waals surface area contributed by atoms with Crippen molar-refractivity contribution in [3.05, 3.63) is 34.9 Å². The monoisotopic (exact) mass is 616 g/mol. The van der Waals surface area contributed by atoms with Crippen LogP contribution in [0.4, 0.5) is 14.6 Å². The maximum absolute atomic E-state index is 14.3. The fourth-order valence-electron chi connectivity index (χ4n) is 4.57. The van der Waals surface area contributed by atoms with Crippen LogP contribution in [0.3, 0.4) is 0 Å². The van der Waals surface area contributed by atoms with Gasteiger partial charge in [-0.05, 0) is 38.2 Å². The number of ether oxygens (including phenoxy) is 1. The number of nitrogens with one attached hydrogen (secondary N) is 1. The number of aromatic nitrogens is 2. The van der Waals surface area contributed by atoms with Gasteiger partial charge in [0, 0.05) is 12.6 Å². The first-order valence-electron chi connectivity index (χ1n) is 14.9. The van der Waals surface area contributed by atoms with Crippen LogP contribution in [0, 0.1) is 0 Å². The van der Waals surface area contributed by atoms with Crippen molar-refractivity contribution in [3.63, 3.8) is 0 Å². The minimum absolute atomic E-state index is 0.226. The second-order valence-electron chi connectivity index (χ2n) is 10.6. The molecule has 13 heteroatoms. The molecule has 4 atom stereocenters. The number of hydrogen-bond acceptors (Lipinski definition) is 9. The number of thioether (sulfide) groups is 1. The van der Waals surface area contributed by atoms with Gasteiger partial charge in [0.05, 0.1) is 6.61 Å². The lowest BCUT2D eigenvalue weighted by molar-refractivity contribution is -0.141. The molecule has 0 radical (unpaired) electrons. The second-order valence-corrected chi connectivity index (χ2v) is 11.8. The summed E-state index contributed by atoms with van der Waals surface area (Å²) in [5, 5.41) is 19.6. The van der Waals surface area contributed by atoms with E-state index < -0.39 is 47.9 Å². The number of unbranched alkanes of at least 4 members (excludes halogenated alkanes) is 11. The zero-order valence-electron chi connectivity index (χ0n) is 24.4. The number of anilines is 1. The molecule has 1 aliphatic heterocycles. The molecule has 0 bridgehead atoms. The minimum Gasteiger partial charge on any atom is -0.394 e. The fourth-order valence-corrected chi connectivity index (χ4v) is 5.28. The molecule has 0 aliphatic carbocycles. The van der Waals surface area contributed by atoms with Crippen LogP contribution in [-0.2, 0) is 14.3 Å². The highest BCUT2D eigenvalue weighted by molar-refractivity contribution is 8.14. The maximum Gasteiger partial charge on any atom is 0.351 e. The van der Waals surface area contributed by atoms with Crippen LogP contribution in [0.5, 0.6) is 0 Å². The van der Waals surface area contributed by atoms with Crippen LogP contribution in [0.15, 0.2) is 29.2 Å². The van der Waals surface area contributed by atoms with E-state index in [1.807, 2.05) is 0 Å². The van der Waals surface area contributed by atoms with E-state index in [0.717, 1.165) is 50.8 Å². The van der Waals surface area contributed by atoms with Crippen LogP contribution < -0.4 is 16.7 Å². The number of nitrogens with two attached hydrogens (primary N) is 1. The molecule has 0 spiro atoms. The number of hydrogen-bond donors (Lipinski definition) is 4. The van der Waals surface area contributed by atoms with Gasteiger partial charge >= 0.3 is 11.6 Å². The number of carbonyl (C=O) groups is 2. The van der Waals surface area contributed by atoms with Gasteiger partial charge in [-0.3, -0.25) is 14.2 Å². The summed E-state index contributed by atoms with van der Waals surface area (Å²) in [4.78, 5) is 40.5. The van der Waals surface area contributed by atoms with Crippen LogP contribution in [0.2, 0.25) is 0 Å². The Hall–Kier alpha value is -2.19. The molecule has 1 fully saturated rings. The molecule has 42 heavy (non-hydrogen) atoms. The summed E-state index contributed by atoms with van der Waals surface area (Å²) < 4.78 is 34.0. The highest BCUT2D eigenvalue weighted by atomic mass is 32.2. The van der Waals surface area contributed by atoms with E-state index in [4.69, 9.17) is 15.6 Å². The summed E-state index contributed by atoms with van der Waals surface area (Å²) in [7, 11) is 0. The Labute approximate surface area is 250 Å². The quantitative estimate of drug-likeness (QED) is 0.0930. The van der Waals surface area contributed by atoms with E-state index in [1.165, 1.54) is 38.5 Å². The van der Waals surface area contributed by atoms with E-state index in [9.17, 15) is 28.3 Å². The number of carbonyl (C=O) groups excluding carboxylic acids is 2. The van der Waals surface area contributed by atoms with Crippen molar-refractivity contribution in [2.45, 2.75) is 127 Å². The summed E-state index contributed by atoms with van der Waals surface area (Å²) in [6, 6.07) is 1.09. The van der Waals surface area contributed by atoms with Crippen LogP contribution in [0.25, 0.3) is 0 Å². The van der Waals surface area contributed by atoms with Crippen LogP contribution in [0.1, 0.15) is 103 Å². The molecule has 4 unspecified atom stereocenters. The van der Waals surface area contributed by atoms with Gasteiger partial charge in [0.15, 0.2) is 11.2 Å². The largest absolute Gasteiger partial charge is 0.394 e.